The lowest BCUT2D eigenvalue weighted by Crippen LogP contribution is -2.45. The molecule has 2 unspecified atom stereocenters. The number of nitrogens with two attached hydrogens (primary N) is 2. The molecule has 46 heavy (non-hydrogen) atoms. The fourth-order valence-corrected chi connectivity index (χ4v) is 8.32. The van der Waals surface area contributed by atoms with Gasteiger partial charge in [0.25, 0.3) is 5.56 Å². The summed E-state index contributed by atoms with van der Waals surface area (Å²) in [5, 5.41) is 7.57. The van der Waals surface area contributed by atoms with Gasteiger partial charge >= 0.3 is 14.5 Å². The summed E-state index contributed by atoms with van der Waals surface area (Å²) in [7, 11) is -5.00. The van der Waals surface area contributed by atoms with Crippen LogP contribution < -0.4 is 17.0 Å². The molecule has 0 spiro atoms. The van der Waals surface area contributed by atoms with Crippen molar-refractivity contribution in [3.05, 3.63) is 28.9 Å². The Balaban J connectivity index is 1.14. The van der Waals surface area contributed by atoms with E-state index in [0.29, 0.717) is 16.9 Å². The smallest absolute Gasteiger partial charge is 0.397 e. The number of hydrogen-bond acceptors (Lipinski definition) is 17. The lowest BCUT2D eigenvalue weighted by atomic mass is 10.0. The minimum absolute atomic E-state index is 0.206. The zero-order valence-electron chi connectivity index (χ0n) is 22.9. The zero-order chi connectivity index (χ0) is 32.2. The number of halogens is 1. The average Bonchev–Trinajstić information content (AvgIpc) is 3.80. The highest BCUT2D eigenvalue weighted by atomic mass is 32.5. The first-order valence-electron chi connectivity index (χ1n) is 13.4. The molecule has 21 nitrogen and oxygen atoms in total. The number of imidazole rings is 1. The summed E-state index contributed by atoms with van der Waals surface area (Å²) in [4.78, 5) is 49.1. The molecule has 246 valence electrons. The van der Waals surface area contributed by atoms with Gasteiger partial charge in [-0.2, -0.15) is 9.67 Å². The summed E-state index contributed by atoms with van der Waals surface area (Å²) in [6.45, 7) is -6.04. The van der Waals surface area contributed by atoms with Gasteiger partial charge in [0.05, 0.1) is 31.8 Å². The maximum Gasteiger partial charge on any atom is 0.472 e. The first-order chi connectivity index (χ1) is 21.8. The van der Waals surface area contributed by atoms with E-state index in [1.54, 1.807) is 6.07 Å². The number of aromatic nitrogens is 8. The van der Waals surface area contributed by atoms with Gasteiger partial charge < -0.3 is 40.0 Å². The molecular formula is C21H23FN10O11P2S. The Morgan fingerprint density at radius 3 is 2.76 bits per heavy atom. The molecule has 4 fully saturated rings. The molecule has 0 saturated carbocycles. The van der Waals surface area contributed by atoms with E-state index in [9.17, 15) is 19.1 Å². The molecule has 0 aliphatic carbocycles. The molecule has 8 rings (SSSR count). The van der Waals surface area contributed by atoms with Crippen LogP contribution in [0.2, 0.25) is 0 Å². The summed E-state index contributed by atoms with van der Waals surface area (Å²) in [6, 6.07) is 1.57. The molecule has 4 saturated heterocycles. The fourth-order valence-electron chi connectivity index (χ4n) is 5.90. The van der Waals surface area contributed by atoms with E-state index in [1.807, 2.05) is 0 Å². The van der Waals surface area contributed by atoms with Crippen LogP contribution in [0.3, 0.4) is 0 Å². The second-order valence-electron chi connectivity index (χ2n) is 10.8. The number of anilines is 2. The normalized spacial score (nSPS) is 39.7. The quantitative estimate of drug-likeness (QED) is 0.159. The second-order valence-corrected chi connectivity index (χ2v) is 15.0. The third kappa shape index (κ3) is 4.78. The van der Waals surface area contributed by atoms with Gasteiger partial charge in [-0.25, -0.2) is 18.9 Å². The van der Waals surface area contributed by atoms with E-state index in [1.165, 1.54) is 17.1 Å². The van der Waals surface area contributed by atoms with Gasteiger partial charge in [-0.1, -0.05) is 5.21 Å². The molecule has 4 aliphatic rings. The van der Waals surface area contributed by atoms with E-state index in [4.69, 9.17) is 55.6 Å². The first-order valence-corrected chi connectivity index (χ1v) is 17.5. The fraction of sp³-hybridized carbons (Fsp3) is 0.524. The predicted octanol–water partition coefficient (Wildman–Crippen LogP) is -0.840. The van der Waals surface area contributed by atoms with Crippen LogP contribution in [0.15, 0.2) is 23.4 Å². The number of nitrogens with one attached hydrogen (secondary N) is 1. The number of fused-ring (bicyclic) bond motifs is 4. The monoisotopic (exact) mass is 704 g/mol. The number of ether oxygens (including phenoxy) is 3. The van der Waals surface area contributed by atoms with Crippen molar-refractivity contribution >= 4 is 60.3 Å². The Morgan fingerprint density at radius 2 is 1.93 bits per heavy atom. The minimum atomic E-state index is -5.00. The molecule has 4 bridgehead atoms. The van der Waals surface area contributed by atoms with Crippen LogP contribution in [0, 0.1) is 0 Å². The van der Waals surface area contributed by atoms with Crippen LogP contribution >= 0.6 is 14.5 Å². The predicted molar refractivity (Wildman–Crippen MR) is 152 cm³/mol. The van der Waals surface area contributed by atoms with Crippen molar-refractivity contribution in [2.45, 2.75) is 48.6 Å². The van der Waals surface area contributed by atoms with Gasteiger partial charge in [-0.3, -0.25) is 27.9 Å². The summed E-state index contributed by atoms with van der Waals surface area (Å²) in [5.74, 6) is -0.298. The molecular weight excluding hydrogens is 681 g/mol. The Bertz CT molecular complexity index is 2030. The Morgan fingerprint density at radius 1 is 1.11 bits per heavy atom. The molecule has 7 N–H and O–H groups in total. The molecule has 4 aliphatic heterocycles. The molecule has 8 heterocycles. The number of pyridine rings is 1. The summed E-state index contributed by atoms with van der Waals surface area (Å²) >= 11 is 5.25. The van der Waals surface area contributed by atoms with Crippen molar-refractivity contribution in [3.63, 3.8) is 0 Å². The summed E-state index contributed by atoms with van der Waals surface area (Å²) in [6.07, 6.45) is -7.59. The Labute approximate surface area is 259 Å². The number of hydrogen-bond donors (Lipinski definition) is 5. The number of phosphoric acid groups is 1. The van der Waals surface area contributed by atoms with Crippen molar-refractivity contribution < 1.29 is 51.0 Å². The van der Waals surface area contributed by atoms with Gasteiger partial charge in [-0.05, 0) is 17.9 Å². The van der Waals surface area contributed by atoms with Gasteiger partial charge in [0.1, 0.15) is 35.5 Å². The van der Waals surface area contributed by atoms with Crippen molar-refractivity contribution in [3.8, 4) is 0 Å². The van der Waals surface area contributed by atoms with Crippen LogP contribution in [0.5, 0.6) is 0 Å². The molecule has 4 aromatic rings. The number of aromatic amines is 1. The van der Waals surface area contributed by atoms with Crippen LogP contribution in [-0.2, 0) is 48.7 Å². The summed E-state index contributed by atoms with van der Waals surface area (Å²) < 4.78 is 71.6. The molecule has 25 heteroatoms. The van der Waals surface area contributed by atoms with Crippen molar-refractivity contribution in [2.75, 3.05) is 31.3 Å². The van der Waals surface area contributed by atoms with Gasteiger partial charge in [-0.15, -0.1) is 5.10 Å². The number of nitrogens with zero attached hydrogens (tertiary/aromatic N) is 7. The number of H-pyrrole nitrogens is 1. The number of nitrogen functional groups attached to an aromatic ring is 2. The minimum Gasteiger partial charge on any atom is -0.397 e. The lowest BCUT2D eigenvalue weighted by Gasteiger charge is -2.33. The second kappa shape index (κ2) is 10.5. The maximum absolute atomic E-state index is 15.9. The molecule has 10 atom stereocenters. The van der Waals surface area contributed by atoms with E-state index in [2.05, 4.69) is 30.2 Å². The van der Waals surface area contributed by atoms with Crippen molar-refractivity contribution in [1.82, 2.24) is 39.5 Å². The Kier molecular flexibility index (Phi) is 6.90. The lowest BCUT2D eigenvalue weighted by molar-refractivity contribution is -0.183. The van der Waals surface area contributed by atoms with E-state index in [-0.39, 0.29) is 23.7 Å². The molecule has 0 amide bonds. The average molecular weight is 704 g/mol. The topological polar surface area (TPSA) is 281 Å². The third-order valence-electron chi connectivity index (χ3n) is 7.97. The zero-order valence-corrected chi connectivity index (χ0v) is 25.5. The van der Waals surface area contributed by atoms with E-state index < -0.39 is 82.0 Å². The van der Waals surface area contributed by atoms with Crippen LogP contribution in [0.25, 0.3) is 22.3 Å². The summed E-state index contributed by atoms with van der Waals surface area (Å²) in [5.41, 5.74) is 9.90. The SMILES string of the molecule is Nc1nc2c(nnn2[C@@H]2O[C@@H]3COP(=O)(O)O[C@H]4[C@H]5OC[C@]4(COP(O)(=S)O[C@@H]2[C@H]3F)O[C@H]5n2cnc3c(N)ccnc32)c(=O)[nH]1. The van der Waals surface area contributed by atoms with Crippen LogP contribution in [-0.4, -0.2) is 105 Å². The highest BCUT2D eigenvalue weighted by Crippen LogP contribution is 2.58. The largest absolute Gasteiger partial charge is 0.472 e. The maximum atomic E-state index is 15.9. The Hall–Kier alpha value is -3.05. The number of alkyl halides is 1. The van der Waals surface area contributed by atoms with Crippen molar-refractivity contribution in [1.29, 1.82) is 0 Å². The third-order valence-corrected chi connectivity index (χ3v) is 10.5. The first kappa shape index (κ1) is 30.3. The van der Waals surface area contributed by atoms with Crippen LogP contribution in [0.1, 0.15) is 12.5 Å². The van der Waals surface area contributed by atoms with Gasteiger partial charge in [0.2, 0.25) is 5.95 Å². The molecule has 0 radical (unpaired) electrons. The molecule has 0 aromatic carbocycles. The van der Waals surface area contributed by atoms with Crippen LogP contribution in [0.4, 0.5) is 16.0 Å². The van der Waals surface area contributed by atoms with E-state index >= 15 is 4.39 Å². The number of phosphoric ester groups is 1. The van der Waals surface area contributed by atoms with E-state index in [0.717, 1.165) is 4.68 Å². The van der Waals surface area contributed by atoms with Gasteiger partial charge in [0, 0.05) is 6.20 Å². The van der Waals surface area contributed by atoms with Crippen molar-refractivity contribution in [2.24, 2.45) is 0 Å². The molecule has 4 aromatic heterocycles. The highest BCUT2D eigenvalue weighted by Gasteiger charge is 2.66. The standard InChI is InChI=1S/C21H23FN10O11P2S/c22-9-8-3-38-44(34,35)43-14-13-18(31-6-26-10-7(23)1-2-25-15(10)31)41-21(14,4-37-13)5-39-45(36,46)42-12(9)19(40-8)32-16-11(29-30-32)17(33)28-20(24)27-16/h1-2,6,8-9,12-14,18-19H,3-5H2,(H2,23,25)(H,34,35)(H,36,46)(H3,24,27,28,33)/t8-,9+,12-,13-,14+,18-,19-,21-,45?/m1/s1. The van der Waals surface area contributed by atoms with Gasteiger partial charge in [0.15, 0.2) is 35.4 Å². The number of rotatable bonds is 2. The highest BCUT2D eigenvalue weighted by molar-refractivity contribution is 8.07.